The highest BCUT2D eigenvalue weighted by Crippen LogP contribution is 2.24. The quantitative estimate of drug-likeness (QED) is 0.745. The Morgan fingerprint density at radius 2 is 1.68 bits per heavy atom. The normalized spacial score (nSPS) is 13.5. The fourth-order valence-electron chi connectivity index (χ4n) is 2.00. The van der Waals surface area contributed by atoms with E-state index in [0.29, 0.717) is 5.56 Å². The van der Waals surface area contributed by atoms with Crippen LogP contribution in [-0.4, -0.2) is 51.8 Å². The topological polar surface area (TPSA) is 116 Å². The van der Waals surface area contributed by atoms with Gasteiger partial charge in [0.2, 0.25) is 5.91 Å². The first kappa shape index (κ1) is 20.3. The number of carbonyl (C=O) groups excluding carboxylic acids is 2. The zero-order valence-electron chi connectivity index (χ0n) is 14.9. The number of likely N-dealkylation sites (N-methyl/N-ethyl adjacent to an activating group) is 1. The molecule has 0 bridgehead atoms. The summed E-state index contributed by atoms with van der Waals surface area (Å²) in [5, 5.41) is 20.7. The first-order valence-electron chi connectivity index (χ1n) is 7.70. The Labute approximate surface area is 146 Å². The van der Waals surface area contributed by atoms with Gasteiger partial charge in [-0.05, 0) is 45.4 Å². The molecule has 1 rings (SSSR count). The van der Waals surface area contributed by atoms with Crippen LogP contribution in [-0.2, 0) is 14.3 Å². The molecule has 25 heavy (non-hydrogen) atoms. The third-order valence-electron chi connectivity index (χ3n) is 3.26. The Morgan fingerprint density at radius 1 is 1.16 bits per heavy atom. The molecule has 0 radical (unpaired) electrons. The van der Waals surface area contributed by atoms with Crippen LogP contribution >= 0.6 is 0 Å². The molecule has 3 N–H and O–H groups in total. The van der Waals surface area contributed by atoms with Gasteiger partial charge in [-0.2, -0.15) is 0 Å². The average Bonchev–Trinajstić information content (AvgIpc) is 2.47. The molecule has 0 saturated carbocycles. The molecule has 1 unspecified atom stereocenters. The van der Waals surface area contributed by atoms with Crippen molar-refractivity contribution in [1.29, 1.82) is 0 Å². The number of phenols is 1. The van der Waals surface area contributed by atoms with E-state index in [1.165, 1.54) is 38.2 Å². The number of ether oxygens (including phenoxy) is 1. The van der Waals surface area contributed by atoms with Crippen LogP contribution in [0.3, 0.4) is 0 Å². The molecule has 0 aliphatic carbocycles. The number of amides is 2. The van der Waals surface area contributed by atoms with Crippen LogP contribution in [0.2, 0.25) is 0 Å². The van der Waals surface area contributed by atoms with E-state index in [0.717, 1.165) is 4.90 Å². The average molecular weight is 352 g/mol. The van der Waals surface area contributed by atoms with Crippen LogP contribution in [0, 0.1) is 0 Å². The lowest BCUT2D eigenvalue weighted by Gasteiger charge is -2.30. The second kappa shape index (κ2) is 7.87. The summed E-state index contributed by atoms with van der Waals surface area (Å²) in [7, 11) is 1.39. The third kappa shape index (κ3) is 5.98. The molecule has 0 saturated heterocycles. The van der Waals surface area contributed by atoms with Gasteiger partial charge in [0.1, 0.15) is 23.4 Å². The fraction of sp³-hybridized carbons (Fsp3) is 0.471. The number of carbonyl (C=O) groups is 3. The van der Waals surface area contributed by atoms with Crippen LogP contribution in [0.4, 0.5) is 4.79 Å². The smallest absolute Gasteiger partial charge is 0.410 e. The maximum atomic E-state index is 12.6. The summed E-state index contributed by atoms with van der Waals surface area (Å²) in [5.41, 5.74) is -0.350. The fourth-order valence-corrected chi connectivity index (χ4v) is 2.00. The van der Waals surface area contributed by atoms with E-state index >= 15 is 0 Å². The third-order valence-corrected chi connectivity index (χ3v) is 3.26. The molecular formula is C17H24N2O6. The number of benzene rings is 1. The zero-order valence-corrected chi connectivity index (χ0v) is 14.9. The number of carboxylic acid groups (broad SMARTS) is 1. The molecule has 0 heterocycles. The summed E-state index contributed by atoms with van der Waals surface area (Å²) in [6.07, 6.45) is -0.733. The molecule has 138 valence electrons. The van der Waals surface area contributed by atoms with Crippen molar-refractivity contribution < 1.29 is 29.3 Å². The van der Waals surface area contributed by atoms with Gasteiger partial charge in [0.25, 0.3) is 0 Å². The Bertz CT molecular complexity index is 636. The Balaban J connectivity index is 3.14. The first-order chi connectivity index (χ1) is 11.4. The molecule has 8 heteroatoms. The maximum Gasteiger partial charge on any atom is 0.410 e. The van der Waals surface area contributed by atoms with Crippen LogP contribution < -0.4 is 5.32 Å². The van der Waals surface area contributed by atoms with E-state index in [1.807, 2.05) is 0 Å². The van der Waals surface area contributed by atoms with E-state index in [2.05, 4.69) is 5.32 Å². The number of nitrogens with one attached hydrogen (secondary N) is 1. The lowest BCUT2D eigenvalue weighted by Crippen LogP contribution is -2.47. The van der Waals surface area contributed by atoms with Gasteiger partial charge in [-0.1, -0.05) is 12.1 Å². The van der Waals surface area contributed by atoms with Gasteiger partial charge in [0.05, 0.1) is 0 Å². The number of aliphatic carboxylic acids is 1. The molecule has 0 aromatic heterocycles. The lowest BCUT2D eigenvalue weighted by atomic mass is 10.0. The van der Waals surface area contributed by atoms with Crippen molar-refractivity contribution in [3.63, 3.8) is 0 Å². The van der Waals surface area contributed by atoms with E-state index in [9.17, 15) is 19.5 Å². The summed E-state index contributed by atoms with van der Waals surface area (Å²) < 4.78 is 5.27. The second-order valence-electron chi connectivity index (χ2n) is 6.65. The maximum absolute atomic E-state index is 12.6. The molecule has 0 spiro atoms. The molecule has 2 atom stereocenters. The van der Waals surface area contributed by atoms with Crippen molar-refractivity contribution in [2.24, 2.45) is 0 Å². The molecule has 0 aliphatic heterocycles. The number of carboxylic acids is 1. The Kier molecular flexibility index (Phi) is 6.38. The van der Waals surface area contributed by atoms with Gasteiger partial charge in [-0.3, -0.25) is 14.5 Å². The van der Waals surface area contributed by atoms with E-state index < -0.39 is 35.7 Å². The number of hydrogen-bond acceptors (Lipinski definition) is 5. The predicted octanol–water partition coefficient (Wildman–Crippen LogP) is 1.89. The molecule has 2 amide bonds. The number of aromatic hydroxyl groups is 1. The second-order valence-corrected chi connectivity index (χ2v) is 6.65. The largest absolute Gasteiger partial charge is 0.508 e. The highest BCUT2D eigenvalue weighted by molar-refractivity contribution is 5.90. The lowest BCUT2D eigenvalue weighted by molar-refractivity contribution is -0.142. The zero-order chi connectivity index (χ0) is 19.4. The van der Waals surface area contributed by atoms with Crippen molar-refractivity contribution in [2.75, 3.05) is 7.05 Å². The standard InChI is InChI=1S/C17H24N2O6/c1-10(15(22)23)18-14(21)13(11-6-8-12(20)9-7-11)19(5)16(24)25-17(2,3)4/h6-10,13,20H,1-5H3,(H,18,21)(H,22,23)/t10?,13-/m0/s1. The van der Waals surface area contributed by atoms with E-state index in [-0.39, 0.29) is 5.75 Å². The van der Waals surface area contributed by atoms with Gasteiger partial charge in [0.15, 0.2) is 0 Å². The molecule has 1 aromatic rings. The molecule has 0 aliphatic rings. The minimum Gasteiger partial charge on any atom is -0.508 e. The van der Waals surface area contributed by atoms with Gasteiger partial charge >= 0.3 is 12.1 Å². The van der Waals surface area contributed by atoms with Crippen LogP contribution in [0.25, 0.3) is 0 Å². The summed E-state index contributed by atoms with van der Waals surface area (Å²) >= 11 is 0. The predicted molar refractivity (Wildman–Crippen MR) is 90.1 cm³/mol. The number of nitrogens with zero attached hydrogens (tertiary/aromatic N) is 1. The first-order valence-corrected chi connectivity index (χ1v) is 7.70. The van der Waals surface area contributed by atoms with Crippen molar-refractivity contribution >= 4 is 18.0 Å². The minimum absolute atomic E-state index is 0.00160. The Morgan fingerprint density at radius 3 is 2.12 bits per heavy atom. The number of phenolic OH excluding ortho intramolecular Hbond substituents is 1. The van der Waals surface area contributed by atoms with Gasteiger partial charge in [0, 0.05) is 7.05 Å². The summed E-state index contributed by atoms with van der Waals surface area (Å²) in [6, 6.07) is 3.47. The molecule has 1 aromatic carbocycles. The number of rotatable bonds is 5. The molecule has 0 fully saturated rings. The summed E-state index contributed by atoms with van der Waals surface area (Å²) in [5.74, 6) is -1.87. The van der Waals surface area contributed by atoms with Crippen molar-refractivity contribution in [2.45, 2.75) is 45.4 Å². The van der Waals surface area contributed by atoms with Gasteiger partial charge < -0.3 is 20.3 Å². The van der Waals surface area contributed by atoms with Crippen LogP contribution in [0.15, 0.2) is 24.3 Å². The van der Waals surface area contributed by atoms with Gasteiger partial charge in [-0.25, -0.2) is 4.79 Å². The highest BCUT2D eigenvalue weighted by atomic mass is 16.6. The molecular weight excluding hydrogens is 328 g/mol. The van der Waals surface area contributed by atoms with E-state index in [4.69, 9.17) is 9.84 Å². The molecule has 8 nitrogen and oxygen atoms in total. The van der Waals surface area contributed by atoms with Crippen LogP contribution in [0.5, 0.6) is 5.75 Å². The van der Waals surface area contributed by atoms with E-state index in [1.54, 1.807) is 20.8 Å². The highest BCUT2D eigenvalue weighted by Gasteiger charge is 2.33. The van der Waals surface area contributed by atoms with Crippen molar-refractivity contribution in [3.8, 4) is 5.75 Å². The Hall–Kier alpha value is -2.77. The van der Waals surface area contributed by atoms with Gasteiger partial charge in [-0.15, -0.1) is 0 Å². The SMILES string of the molecule is CC(NC(=O)[C@H](c1ccc(O)cc1)N(C)C(=O)OC(C)(C)C)C(=O)O. The minimum atomic E-state index is -1.20. The van der Waals surface area contributed by atoms with Crippen molar-refractivity contribution in [1.82, 2.24) is 10.2 Å². The summed E-state index contributed by atoms with van der Waals surface area (Å²) in [6.45, 7) is 6.41. The van der Waals surface area contributed by atoms with Crippen molar-refractivity contribution in [3.05, 3.63) is 29.8 Å². The number of hydrogen-bond donors (Lipinski definition) is 3. The summed E-state index contributed by atoms with van der Waals surface area (Å²) in [4.78, 5) is 37.0. The monoisotopic (exact) mass is 352 g/mol. The van der Waals surface area contributed by atoms with Crippen LogP contribution in [0.1, 0.15) is 39.3 Å².